The first-order chi connectivity index (χ1) is 11.4. The molecule has 0 amide bonds. The lowest BCUT2D eigenvalue weighted by Crippen LogP contribution is -2.34. The molecule has 0 unspecified atom stereocenters. The molecule has 0 saturated carbocycles. The summed E-state index contributed by atoms with van der Waals surface area (Å²) in [7, 11) is -3.21. The van der Waals surface area contributed by atoms with Crippen molar-refractivity contribution >= 4 is 32.7 Å². The van der Waals surface area contributed by atoms with Gasteiger partial charge in [0, 0.05) is 47.2 Å². The summed E-state index contributed by atoms with van der Waals surface area (Å²) < 4.78 is 27.4. The zero-order chi connectivity index (χ0) is 16.9. The summed E-state index contributed by atoms with van der Waals surface area (Å²) >= 11 is 3.37. The summed E-state index contributed by atoms with van der Waals surface area (Å²) in [5, 5.41) is 2.70. The number of hydrogen-bond donors (Lipinski definition) is 0. The molecule has 0 radical (unpaired) electrons. The summed E-state index contributed by atoms with van der Waals surface area (Å²) in [6, 6.07) is 4.28. The molecule has 0 N–H and O–H groups in total. The normalized spacial score (nSPS) is 26.9. The lowest BCUT2D eigenvalue weighted by Gasteiger charge is -2.20. The summed E-state index contributed by atoms with van der Waals surface area (Å²) in [6.07, 6.45) is 0. The van der Waals surface area contributed by atoms with E-state index >= 15 is 0 Å². The molecule has 24 heavy (non-hydrogen) atoms. The average Bonchev–Trinajstić information content (AvgIpc) is 3.23. The first-order valence-electron chi connectivity index (χ1n) is 8.09. The fourth-order valence-corrected chi connectivity index (χ4v) is 7.42. The van der Waals surface area contributed by atoms with Crippen LogP contribution in [0.3, 0.4) is 0 Å². The number of rotatable bonds is 4. The highest BCUT2D eigenvalue weighted by Gasteiger charge is 2.50. The van der Waals surface area contributed by atoms with E-state index in [1.54, 1.807) is 27.0 Å². The Labute approximate surface area is 151 Å². The fourth-order valence-electron chi connectivity index (χ4n) is 3.73. The van der Waals surface area contributed by atoms with E-state index in [2.05, 4.69) is 28.9 Å². The van der Waals surface area contributed by atoms with Crippen molar-refractivity contribution in [2.24, 2.45) is 5.92 Å². The third-order valence-corrected chi connectivity index (χ3v) is 8.92. The van der Waals surface area contributed by atoms with Gasteiger partial charge in [0.1, 0.15) is 0 Å². The van der Waals surface area contributed by atoms with Crippen LogP contribution in [-0.4, -0.2) is 47.5 Å². The van der Waals surface area contributed by atoms with Crippen molar-refractivity contribution in [1.82, 2.24) is 14.2 Å². The minimum atomic E-state index is -3.21. The summed E-state index contributed by atoms with van der Waals surface area (Å²) in [4.78, 5) is 9.33. The molecule has 2 aromatic rings. The van der Waals surface area contributed by atoms with Crippen LogP contribution in [0.2, 0.25) is 0 Å². The first-order valence-corrected chi connectivity index (χ1v) is 11.3. The molecule has 2 fully saturated rings. The molecule has 130 valence electrons. The standard InChI is InChI=1S/C16H21N3O2S3/c1-11-3-4-15(23-11)8-18-5-13-6-19(24(20,21)16(13)9-18)7-14-10-22-12(2)17-14/h3-4,10,13,16H,5-9H2,1-2H3/t13-,16+/m0/s1. The van der Waals surface area contributed by atoms with Crippen molar-refractivity contribution in [2.45, 2.75) is 32.2 Å². The highest BCUT2D eigenvalue weighted by molar-refractivity contribution is 7.90. The van der Waals surface area contributed by atoms with Crippen molar-refractivity contribution < 1.29 is 8.42 Å². The number of sulfonamides is 1. The van der Waals surface area contributed by atoms with Crippen LogP contribution >= 0.6 is 22.7 Å². The monoisotopic (exact) mass is 383 g/mol. The molecule has 0 aromatic carbocycles. The minimum Gasteiger partial charge on any atom is -0.297 e. The van der Waals surface area contributed by atoms with Gasteiger partial charge in [0.25, 0.3) is 0 Å². The molecule has 2 aromatic heterocycles. The Morgan fingerprint density at radius 3 is 2.67 bits per heavy atom. The Bertz CT molecular complexity index is 842. The molecule has 4 heterocycles. The summed E-state index contributed by atoms with van der Waals surface area (Å²) in [5.41, 5.74) is 0.868. The minimum absolute atomic E-state index is 0.218. The lowest BCUT2D eigenvalue weighted by molar-refractivity contribution is 0.296. The van der Waals surface area contributed by atoms with E-state index in [1.165, 1.54) is 9.75 Å². The predicted octanol–water partition coefficient (Wildman–Crippen LogP) is 2.47. The van der Waals surface area contributed by atoms with Crippen molar-refractivity contribution in [1.29, 1.82) is 0 Å². The molecular weight excluding hydrogens is 362 g/mol. The Hall–Kier alpha value is -0.800. The van der Waals surface area contributed by atoms with Crippen LogP contribution in [0.1, 0.15) is 20.5 Å². The molecule has 2 aliphatic heterocycles. The number of thiophene rings is 1. The average molecular weight is 384 g/mol. The van der Waals surface area contributed by atoms with Crippen molar-refractivity contribution in [3.8, 4) is 0 Å². The number of likely N-dealkylation sites (tertiary alicyclic amines) is 1. The van der Waals surface area contributed by atoms with Gasteiger partial charge in [-0.25, -0.2) is 13.4 Å². The van der Waals surface area contributed by atoms with Gasteiger partial charge in [0.05, 0.1) is 22.5 Å². The van der Waals surface area contributed by atoms with Crippen LogP contribution in [0, 0.1) is 19.8 Å². The lowest BCUT2D eigenvalue weighted by atomic mass is 10.1. The van der Waals surface area contributed by atoms with Gasteiger partial charge in [-0.1, -0.05) is 0 Å². The van der Waals surface area contributed by atoms with Crippen molar-refractivity contribution in [3.05, 3.63) is 38.0 Å². The second kappa shape index (κ2) is 6.17. The predicted molar refractivity (Wildman–Crippen MR) is 97.8 cm³/mol. The zero-order valence-electron chi connectivity index (χ0n) is 13.8. The van der Waals surface area contributed by atoms with Gasteiger partial charge in [-0.05, 0) is 26.0 Å². The van der Waals surface area contributed by atoms with Gasteiger partial charge in [0.2, 0.25) is 10.0 Å². The topological polar surface area (TPSA) is 53.5 Å². The highest BCUT2D eigenvalue weighted by Crippen LogP contribution is 2.35. The zero-order valence-corrected chi connectivity index (χ0v) is 16.3. The van der Waals surface area contributed by atoms with E-state index in [0.717, 1.165) is 23.8 Å². The molecule has 0 aliphatic carbocycles. The van der Waals surface area contributed by atoms with Gasteiger partial charge < -0.3 is 0 Å². The molecular formula is C16H21N3O2S3. The van der Waals surface area contributed by atoms with E-state index in [0.29, 0.717) is 19.6 Å². The van der Waals surface area contributed by atoms with Crippen LogP contribution < -0.4 is 0 Å². The van der Waals surface area contributed by atoms with E-state index in [1.807, 2.05) is 12.3 Å². The van der Waals surface area contributed by atoms with E-state index < -0.39 is 10.0 Å². The Balaban J connectivity index is 1.44. The van der Waals surface area contributed by atoms with E-state index in [4.69, 9.17) is 0 Å². The fraction of sp³-hybridized carbons (Fsp3) is 0.562. The number of fused-ring (bicyclic) bond motifs is 1. The number of thiazole rings is 1. The van der Waals surface area contributed by atoms with Gasteiger partial charge >= 0.3 is 0 Å². The van der Waals surface area contributed by atoms with Gasteiger partial charge in [-0.2, -0.15) is 4.31 Å². The maximum absolute atomic E-state index is 12.9. The van der Waals surface area contributed by atoms with Crippen LogP contribution in [0.25, 0.3) is 0 Å². The molecule has 4 rings (SSSR count). The molecule has 2 atom stereocenters. The van der Waals surface area contributed by atoms with Crippen molar-refractivity contribution in [3.63, 3.8) is 0 Å². The van der Waals surface area contributed by atoms with Crippen LogP contribution in [-0.2, 0) is 23.1 Å². The quantitative estimate of drug-likeness (QED) is 0.814. The maximum atomic E-state index is 12.9. The maximum Gasteiger partial charge on any atom is 0.218 e. The van der Waals surface area contributed by atoms with Crippen LogP contribution in [0.5, 0.6) is 0 Å². The SMILES string of the molecule is Cc1ccc(CN2C[C@H]3CN(Cc4csc(C)n4)S(=O)(=O)[C@@H]3C2)s1. The number of aryl methyl sites for hydroxylation is 2. The summed E-state index contributed by atoms with van der Waals surface area (Å²) in [5.74, 6) is 0.218. The smallest absolute Gasteiger partial charge is 0.218 e. The summed E-state index contributed by atoms with van der Waals surface area (Å²) in [6.45, 7) is 7.49. The molecule has 0 spiro atoms. The second-order valence-corrected chi connectivity index (χ2v) is 11.3. The third kappa shape index (κ3) is 3.06. The molecule has 2 saturated heterocycles. The first kappa shape index (κ1) is 16.7. The third-order valence-electron chi connectivity index (χ3n) is 4.82. The van der Waals surface area contributed by atoms with Gasteiger partial charge in [-0.15, -0.1) is 22.7 Å². The largest absolute Gasteiger partial charge is 0.297 e. The Morgan fingerprint density at radius 1 is 1.21 bits per heavy atom. The van der Waals surface area contributed by atoms with Gasteiger partial charge in [0.15, 0.2) is 0 Å². The van der Waals surface area contributed by atoms with Crippen LogP contribution in [0.4, 0.5) is 0 Å². The Kier molecular flexibility index (Phi) is 4.29. The molecule has 2 aliphatic rings. The number of nitrogens with zero attached hydrogens (tertiary/aromatic N) is 3. The van der Waals surface area contributed by atoms with E-state index in [-0.39, 0.29) is 11.2 Å². The number of aromatic nitrogens is 1. The van der Waals surface area contributed by atoms with Crippen molar-refractivity contribution in [2.75, 3.05) is 19.6 Å². The molecule has 8 heteroatoms. The Morgan fingerprint density at radius 2 is 2.04 bits per heavy atom. The van der Waals surface area contributed by atoms with E-state index in [9.17, 15) is 8.42 Å². The number of hydrogen-bond acceptors (Lipinski definition) is 6. The molecule has 5 nitrogen and oxygen atoms in total. The molecule has 0 bridgehead atoms. The highest BCUT2D eigenvalue weighted by atomic mass is 32.2. The van der Waals surface area contributed by atoms with Crippen LogP contribution in [0.15, 0.2) is 17.5 Å². The van der Waals surface area contributed by atoms with Gasteiger partial charge in [-0.3, -0.25) is 4.90 Å². The second-order valence-electron chi connectivity index (χ2n) is 6.70.